The first-order valence-corrected chi connectivity index (χ1v) is 9.13. The smallest absolute Gasteiger partial charge is 0.422 e. The summed E-state index contributed by atoms with van der Waals surface area (Å²) >= 11 is 0. The van der Waals surface area contributed by atoms with Crippen molar-refractivity contribution in [2.75, 3.05) is 6.61 Å². The largest absolute Gasteiger partial charge is 0.454 e. The minimum Gasteiger partial charge on any atom is -0.454 e. The Hall–Kier alpha value is -2.35. The lowest BCUT2D eigenvalue weighted by molar-refractivity contribution is -0.155. The monoisotopic (exact) mass is 432 g/mol. The summed E-state index contributed by atoms with van der Waals surface area (Å²) in [7, 11) is -4.52. The molecular formula is C14H14F6N4O3S. The highest BCUT2D eigenvalue weighted by atomic mass is 32.2. The number of sulfonamides is 1. The number of alkyl halides is 3. The highest BCUT2D eigenvalue weighted by Gasteiger charge is 2.31. The second-order valence-corrected chi connectivity index (χ2v) is 7.25. The van der Waals surface area contributed by atoms with Gasteiger partial charge in [0.05, 0.1) is 10.9 Å². The molecule has 0 unspecified atom stereocenters. The van der Waals surface area contributed by atoms with Gasteiger partial charge in [-0.2, -0.15) is 13.2 Å². The number of hydrogen-bond acceptors (Lipinski definition) is 5. The van der Waals surface area contributed by atoms with E-state index in [1.807, 2.05) is 4.72 Å². The van der Waals surface area contributed by atoms with Crippen LogP contribution in [0.15, 0.2) is 17.0 Å². The van der Waals surface area contributed by atoms with Gasteiger partial charge in [0.15, 0.2) is 29.9 Å². The first-order valence-electron chi connectivity index (χ1n) is 7.65. The maximum atomic E-state index is 13.3. The maximum Gasteiger partial charge on any atom is 0.422 e. The molecule has 0 spiro atoms. The number of nitrogens with zero attached hydrogens (tertiary/aromatic N) is 3. The van der Waals surface area contributed by atoms with Gasteiger partial charge in [-0.05, 0) is 26.0 Å². The van der Waals surface area contributed by atoms with E-state index in [2.05, 4.69) is 14.9 Å². The van der Waals surface area contributed by atoms with Crippen LogP contribution in [0.25, 0.3) is 0 Å². The number of benzene rings is 1. The molecule has 0 radical (unpaired) electrons. The molecule has 0 aliphatic rings. The van der Waals surface area contributed by atoms with Crippen LogP contribution in [0.5, 0.6) is 6.01 Å². The van der Waals surface area contributed by atoms with Crippen molar-refractivity contribution in [3.63, 3.8) is 0 Å². The van der Waals surface area contributed by atoms with E-state index in [1.165, 1.54) is 13.8 Å². The fraction of sp³-hybridized carbons (Fsp3) is 0.429. The molecule has 0 aliphatic carbocycles. The summed E-state index contributed by atoms with van der Waals surface area (Å²) in [6, 6.07) is -1.08. The Labute approximate surface area is 155 Å². The third kappa shape index (κ3) is 4.92. The fourth-order valence-electron chi connectivity index (χ4n) is 2.21. The quantitative estimate of drug-likeness (QED) is 0.537. The first-order chi connectivity index (χ1) is 12.9. The molecule has 2 aromatic rings. The van der Waals surface area contributed by atoms with Crippen LogP contribution < -0.4 is 9.46 Å². The predicted octanol–water partition coefficient (Wildman–Crippen LogP) is 2.70. The maximum absolute atomic E-state index is 13.3. The Kier molecular flexibility index (Phi) is 6.23. The van der Waals surface area contributed by atoms with Crippen LogP contribution >= 0.6 is 0 Å². The highest BCUT2D eigenvalue weighted by Crippen LogP contribution is 2.23. The molecule has 0 bridgehead atoms. The average molecular weight is 432 g/mol. The van der Waals surface area contributed by atoms with E-state index in [0.29, 0.717) is 0 Å². The van der Waals surface area contributed by atoms with Gasteiger partial charge in [-0.15, -0.1) is 5.10 Å². The molecular weight excluding hydrogens is 418 g/mol. The van der Waals surface area contributed by atoms with E-state index in [-0.39, 0.29) is 24.5 Å². The molecule has 1 N–H and O–H groups in total. The Bertz CT molecular complexity index is 937. The minimum atomic E-state index is -4.62. The number of nitrogens with one attached hydrogen (secondary N) is 1. The third-order valence-electron chi connectivity index (χ3n) is 3.41. The van der Waals surface area contributed by atoms with Gasteiger partial charge in [0, 0.05) is 6.54 Å². The van der Waals surface area contributed by atoms with Crippen molar-refractivity contribution in [1.82, 2.24) is 19.5 Å². The topological polar surface area (TPSA) is 86.1 Å². The Morgan fingerprint density at radius 1 is 1.18 bits per heavy atom. The Morgan fingerprint density at radius 3 is 2.25 bits per heavy atom. The first kappa shape index (κ1) is 21.9. The molecule has 0 fully saturated rings. The molecule has 0 amide bonds. The fourth-order valence-corrected chi connectivity index (χ4v) is 3.44. The van der Waals surface area contributed by atoms with Gasteiger partial charge in [-0.3, -0.25) is 4.57 Å². The zero-order valence-corrected chi connectivity index (χ0v) is 15.2. The third-order valence-corrected chi connectivity index (χ3v) is 4.93. The van der Waals surface area contributed by atoms with E-state index >= 15 is 0 Å². The zero-order valence-electron chi connectivity index (χ0n) is 14.4. The van der Waals surface area contributed by atoms with Gasteiger partial charge < -0.3 is 4.74 Å². The van der Waals surface area contributed by atoms with Gasteiger partial charge in [-0.1, -0.05) is 5.10 Å². The summed E-state index contributed by atoms with van der Waals surface area (Å²) in [5, 5.41) is 7.04. The van der Waals surface area contributed by atoms with Crippen LogP contribution in [-0.4, -0.2) is 36.0 Å². The summed E-state index contributed by atoms with van der Waals surface area (Å²) in [5.74, 6) is -5.34. The molecule has 14 heteroatoms. The lowest BCUT2D eigenvalue weighted by atomic mass is 10.3. The van der Waals surface area contributed by atoms with Crippen LogP contribution in [-0.2, 0) is 16.6 Å². The number of rotatable bonds is 7. The Morgan fingerprint density at radius 2 is 1.75 bits per heavy atom. The standard InChI is InChI=1S/C14H14F6N4O3S/c1-3-24-12(21-22-13(24)27-6-14(18,19)20)7(2)23-28(25,26)8-4-9(15)11(17)10(16)5-8/h4-5,7,23H,3,6H2,1-2H3/t7-/m1/s1. The number of halogens is 6. The van der Waals surface area contributed by atoms with Crippen LogP contribution in [0.2, 0.25) is 0 Å². The van der Waals surface area contributed by atoms with Gasteiger partial charge >= 0.3 is 12.2 Å². The van der Waals surface area contributed by atoms with Crippen molar-refractivity contribution >= 4 is 10.0 Å². The lowest BCUT2D eigenvalue weighted by Gasteiger charge is -2.16. The summed E-state index contributed by atoms with van der Waals surface area (Å²) in [6.45, 7) is 1.22. The molecule has 0 aliphatic heterocycles. The van der Waals surface area contributed by atoms with Crippen molar-refractivity contribution in [2.45, 2.75) is 37.5 Å². The summed E-state index contributed by atoms with van der Waals surface area (Å²) < 4.78 is 109. The van der Waals surface area contributed by atoms with Crippen molar-refractivity contribution in [2.24, 2.45) is 0 Å². The summed E-state index contributed by atoms with van der Waals surface area (Å²) in [4.78, 5) is -0.883. The molecule has 156 valence electrons. The van der Waals surface area contributed by atoms with E-state index in [1.54, 1.807) is 0 Å². The second kappa shape index (κ2) is 7.95. The van der Waals surface area contributed by atoms with Gasteiger partial charge in [0.1, 0.15) is 0 Å². The van der Waals surface area contributed by atoms with E-state index in [0.717, 1.165) is 4.57 Å². The zero-order chi connectivity index (χ0) is 21.3. The number of ether oxygens (including phenoxy) is 1. The van der Waals surface area contributed by atoms with E-state index in [9.17, 15) is 34.8 Å². The van der Waals surface area contributed by atoms with E-state index in [4.69, 9.17) is 0 Å². The summed E-state index contributed by atoms with van der Waals surface area (Å²) in [5.41, 5.74) is 0. The molecule has 28 heavy (non-hydrogen) atoms. The van der Waals surface area contributed by atoms with Crippen molar-refractivity contribution < 1.29 is 39.5 Å². The normalized spacial score (nSPS) is 13.6. The van der Waals surface area contributed by atoms with Gasteiger partial charge in [0.25, 0.3) is 0 Å². The average Bonchev–Trinajstić information content (AvgIpc) is 2.99. The SMILES string of the molecule is CCn1c(OCC(F)(F)F)nnc1[C@@H](C)NS(=O)(=O)c1cc(F)c(F)c(F)c1. The van der Waals surface area contributed by atoms with Crippen molar-refractivity contribution in [3.8, 4) is 6.01 Å². The summed E-state index contributed by atoms with van der Waals surface area (Å²) in [6.07, 6.45) is -4.62. The second-order valence-electron chi connectivity index (χ2n) is 5.53. The van der Waals surface area contributed by atoms with Crippen molar-refractivity contribution in [1.29, 1.82) is 0 Å². The minimum absolute atomic E-state index is 0.0431. The van der Waals surface area contributed by atoms with Crippen LogP contribution in [0.3, 0.4) is 0 Å². The predicted molar refractivity (Wildman–Crippen MR) is 82.3 cm³/mol. The lowest BCUT2D eigenvalue weighted by Crippen LogP contribution is -2.29. The van der Waals surface area contributed by atoms with E-state index < -0.39 is 57.2 Å². The molecule has 1 aromatic carbocycles. The molecule has 0 saturated heterocycles. The number of aromatic nitrogens is 3. The van der Waals surface area contributed by atoms with Crippen LogP contribution in [0.1, 0.15) is 25.7 Å². The highest BCUT2D eigenvalue weighted by molar-refractivity contribution is 7.89. The van der Waals surface area contributed by atoms with Crippen LogP contribution in [0, 0.1) is 17.5 Å². The van der Waals surface area contributed by atoms with Crippen LogP contribution in [0.4, 0.5) is 26.3 Å². The van der Waals surface area contributed by atoms with Gasteiger partial charge in [-0.25, -0.2) is 26.3 Å². The molecule has 2 rings (SSSR count). The molecule has 0 saturated carbocycles. The molecule has 1 atom stereocenters. The van der Waals surface area contributed by atoms with Crippen molar-refractivity contribution in [3.05, 3.63) is 35.4 Å². The molecule has 1 heterocycles. The Balaban J connectivity index is 2.27. The number of hydrogen-bond donors (Lipinski definition) is 1. The molecule has 1 aromatic heterocycles. The van der Waals surface area contributed by atoms with Gasteiger partial charge in [0.2, 0.25) is 10.0 Å². The molecule has 7 nitrogen and oxygen atoms in total.